The highest BCUT2D eigenvalue weighted by Gasteiger charge is 2.25. The molecule has 6 heteroatoms. The zero-order valence-electron chi connectivity index (χ0n) is 13.9. The van der Waals surface area contributed by atoms with Crippen molar-refractivity contribution in [3.8, 4) is 5.75 Å². The first-order valence-electron chi connectivity index (χ1n) is 7.71. The van der Waals surface area contributed by atoms with E-state index in [1.807, 2.05) is 19.1 Å². The van der Waals surface area contributed by atoms with Crippen molar-refractivity contribution in [2.75, 3.05) is 11.4 Å². The molecule has 0 N–H and O–H groups in total. The van der Waals surface area contributed by atoms with Crippen LogP contribution in [0, 0.1) is 13.8 Å². The second-order valence-electron chi connectivity index (χ2n) is 6.02. The lowest BCUT2D eigenvalue weighted by Gasteiger charge is -2.15. The molecule has 24 heavy (non-hydrogen) atoms. The summed E-state index contributed by atoms with van der Waals surface area (Å²) in [6.45, 7) is 5.76. The molecular weight excluding hydrogens is 326 g/mol. The molecule has 0 aliphatic carbocycles. The third-order valence-electron chi connectivity index (χ3n) is 4.16. The molecule has 0 spiro atoms. The van der Waals surface area contributed by atoms with Gasteiger partial charge in [0.2, 0.25) is 5.91 Å². The van der Waals surface area contributed by atoms with E-state index in [2.05, 4.69) is 0 Å². The number of fused-ring (bicyclic) bond motifs is 1. The van der Waals surface area contributed by atoms with Gasteiger partial charge >= 0.3 is 10.1 Å². The van der Waals surface area contributed by atoms with E-state index in [1.165, 1.54) is 13.0 Å². The molecule has 0 saturated heterocycles. The summed E-state index contributed by atoms with van der Waals surface area (Å²) in [4.78, 5) is 13.3. The average Bonchev–Trinajstić information content (AvgIpc) is 2.94. The van der Waals surface area contributed by atoms with Gasteiger partial charge in [0.05, 0.1) is 0 Å². The maximum Gasteiger partial charge on any atom is 0.339 e. The van der Waals surface area contributed by atoms with Crippen molar-refractivity contribution >= 4 is 21.7 Å². The molecule has 0 aromatic heterocycles. The summed E-state index contributed by atoms with van der Waals surface area (Å²) < 4.78 is 30.5. The number of aryl methyl sites for hydroxylation is 2. The van der Waals surface area contributed by atoms with E-state index < -0.39 is 10.1 Å². The maximum atomic E-state index is 12.6. The molecule has 0 saturated carbocycles. The van der Waals surface area contributed by atoms with Gasteiger partial charge in [-0.25, -0.2) is 0 Å². The number of benzene rings is 2. The number of amides is 1. The highest BCUT2D eigenvalue weighted by atomic mass is 32.2. The summed E-state index contributed by atoms with van der Waals surface area (Å²) in [5.41, 5.74) is 3.30. The third-order valence-corrected chi connectivity index (χ3v) is 5.39. The first kappa shape index (κ1) is 16.5. The first-order valence-corrected chi connectivity index (χ1v) is 9.11. The van der Waals surface area contributed by atoms with E-state index >= 15 is 0 Å². The van der Waals surface area contributed by atoms with Crippen LogP contribution in [0.3, 0.4) is 0 Å². The van der Waals surface area contributed by atoms with Gasteiger partial charge in [0.1, 0.15) is 10.6 Å². The van der Waals surface area contributed by atoms with Crippen LogP contribution in [0.1, 0.15) is 23.6 Å². The van der Waals surface area contributed by atoms with E-state index in [-0.39, 0.29) is 10.8 Å². The van der Waals surface area contributed by atoms with E-state index in [1.54, 1.807) is 30.0 Å². The molecule has 1 aliphatic heterocycles. The second kappa shape index (κ2) is 5.94. The van der Waals surface area contributed by atoms with Crippen LogP contribution in [0.5, 0.6) is 5.75 Å². The third kappa shape index (κ3) is 3.01. The number of anilines is 1. The van der Waals surface area contributed by atoms with Gasteiger partial charge in [0.25, 0.3) is 0 Å². The normalized spacial score (nSPS) is 13.7. The van der Waals surface area contributed by atoms with Gasteiger partial charge in [0, 0.05) is 19.2 Å². The molecule has 1 amide bonds. The highest BCUT2D eigenvalue weighted by Crippen LogP contribution is 2.31. The highest BCUT2D eigenvalue weighted by molar-refractivity contribution is 7.87. The molecule has 3 rings (SSSR count). The molecule has 1 heterocycles. The lowest BCUT2D eigenvalue weighted by molar-refractivity contribution is -0.116. The first-order chi connectivity index (χ1) is 11.3. The zero-order chi connectivity index (χ0) is 17.5. The number of carbonyl (C=O) groups is 1. The Kier molecular flexibility index (Phi) is 4.09. The van der Waals surface area contributed by atoms with Crippen molar-refractivity contribution < 1.29 is 17.4 Å². The van der Waals surface area contributed by atoms with Crippen molar-refractivity contribution in [2.45, 2.75) is 32.1 Å². The summed E-state index contributed by atoms with van der Waals surface area (Å²) >= 11 is 0. The van der Waals surface area contributed by atoms with Crippen LogP contribution < -0.4 is 9.08 Å². The standard InChI is InChI=1S/C18H19NO4S/c1-12-4-5-13(2)18(10-12)23-24(21,22)16-6-7-17-15(11-16)8-9-19(17)14(3)20/h4-7,10-11H,8-9H2,1-3H3. The van der Waals surface area contributed by atoms with Gasteiger partial charge in [-0.05, 0) is 61.2 Å². The molecular formula is C18H19NO4S. The smallest absolute Gasteiger partial charge is 0.339 e. The minimum Gasteiger partial charge on any atom is -0.379 e. The number of hydrogen-bond acceptors (Lipinski definition) is 4. The molecule has 0 fully saturated rings. The SMILES string of the molecule is CC(=O)N1CCc2cc(S(=O)(=O)Oc3cc(C)ccc3C)ccc21. The van der Waals surface area contributed by atoms with Crippen LogP contribution >= 0.6 is 0 Å². The lowest BCUT2D eigenvalue weighted by Crippen LogP contribution is -2.25. The molecule has 0 radical (unpaired) electrons. The monoisotopic (exact) mass is 345 g/mol. The molecule has 0 atom stereocenters. The molecule has 2 aromatic rings. The van der Waals surface area contributed by atoms with Crippen LogP contribution in [-0.2, 0) is 21.3 Å². The number of hydrogen-bond donors (Lipinski definition) is 0. The Morgan fingerprint density at radius 1 is 1.12 bits per heavy atom. The van der Waals surface area contributed by atoms with Gasteiger partial charge in [-0.3, -0.25) is 4.79 Å². The Hall–Kier alpha value is -2.34. The summed E-state index contributed by atoms with van der Waals surface area (Å²) in [6, 6.07) is 10.2. The van der Waals surface area contributed by atoms with E-state index in [0.29, 0.717) is 18.7 Å². The molecule has 0 unspecified atom stereocenters. The Morgan fingerprint density at radius 2 is 1.88 bits per heavy atom. The number of carbonyl (C=O) groups excluding carboxylic acids is 1. The molecule has 126 valence electrons. The fourth-order valence-electron chi connectivity index (χ4n) is 2.82. The Morgan fingerprint density at radius 3 is 2.58 bits per heavy atom. The lowest BCUT2D eigenvalue weighted by atomic mass is 10.1. The summed E-state index contributed by atoms with van der Waals surface area (Å²) in [5.74, 6) is 0.289. The quantitative estimate of drug-likeness (QED) is 0.802. The van der Waals surface area contributed by atoms with Crippen molar-refractivity contribution in [1.82, 2.24) is 0 Å². The minimum atomic E-state index is -3.92. The topological polar surface area (TPSA) is 63.7 Å². The van der Waals surface area contributed by atoms with Crippen molar-refractivity contribution in [2.24, 2.45) is 0 Å². The second-order valence-corrected chi connectivity index (χ2v) is 7.56. The largest absolute Gasteiger partial charge is 0.379 e. The van der Waals surface area contributed by atoms with Crippen LogP contribution in [0.25, 0.3) is 0 Å². The minimum absolute atomic E-state index is 0.0454. The fraction of sp³-hybridized carbons (Fsp3) is 0.278. The molecule has 1 aliphatic rings. The molecule has 5 nitrogen and oxygen atoms in total. The van der Waals surface area contributed by atoms with Gasteiger partial charge in [-0.1, -0.05) is 12.1 Å². The van der Waals surface area contributed by atoms with Gasteiger partial charge < -0.3 is 9.08 Å². The zero-order valence-corrected chi connectivity index (χ0v) is 14.7. The van der Waals surface area contributed by atoms with E-state index in [4.69, 9.17) is 4.18 Å². The Balaban J connectivity index is 1.94. The summed E-state index contributed by atoms with van der Waals surface area (Å²) in [5, 5.41) is 0. The Labute approximate surface area is 142 Å². The Bertz CT molecular complexity index is 919. The van der Waals surface area contributed by atoms with Crippen LogP contribution in [-0.4, -0.2) is 20.9 Å². The fourth-order valence-corrected chi connectivity index (χ4v) is 3.86. The average molecular weight is 345 g/mol. The number of rotatable bonds is 3. The summed E-state index contributed by atoms with van der Waals surface area (Å²) in [7, 11) is -3.92. The van der Waals surface area contributed by atoms with Crippen LogP contribution in [0.2, 0.25) is 0 Å². The maximum absolute atomic E-state index is 12.6. The summed E-state index contributed by atoms with van der Waals surface area (Å²) in [6.07, 6.45) is 0.641. The van der Waals surface area contributed by atoms with Crippen molar-refractivity contribution in [3.63, 3.8) is 0 Å². The van der Waals surface area contributed by atoms with E-state index in [0.717, 1.165) is 22.4 Å². The van der Waals surface area contributed by atoms with Gasteiger partial charge in [-0.2, -0.15) is 8.42 Å². The van der Waals surface area contributed by atoms with Gasteiger partial charge in [0.15, 0.2) is 0 Å². The van der Waals surface area contributed by atoms with Crippen molar-refractivity contribution in [3.05, 3.63) is 53.1 Å². The molecule has 2 aromatic carbocycles. The predicted octanol–water partition coefficient (Wildman–Crippen LogP) is 2.98. The molecule has 0 bridgehead atoms. The number of nitrogens with zero attached hydrogens (tertiary/aromatic N) is 1. The van der Waals surface area contributed by atoms with E-state index in [9.17, 15) is 13.2 Å². The van der Waals surface area contributed by atoms with Crippen LogP contribution in [0.15, 0.2) is 41.3 Å². The van der Waals surface area contributed by atoms with Crippen molar-refractivity contribution in [1.29, 1.82) is 0 Å². The van der Waals surface area contributed by atoms with Crippen LogP contribution in [0.4, 0.5) is 5.69 Å². The van der Waals surface area contributed by atoms with Gasteiger partial charge in [-0.15, -0.1) is 0 Å². The predicted molar refractivity (Wildman–Crippen MR) is 91.9 cm³/mol.